The maximum atomic E-state index is 13.1. The van der Waals surface area contributed by atoms with Crippen molar-refractivity contribution in [2.75, 3.05) is 25.5 Å². The molecule has 1 aliphatic carbocycles. The van der Waals surface area contributed by atoms with Crippen LogP contribution >= 0.6 is 0 Å². The fourth-order valence-electron chi connectivity index (χ4n) is 4.86. The van der Waals surface area contributed by atoms with Crippen molar-refractivity contribution < 1.29 is 8.42 Å². The SMILES string of the molecule is CN(C)S(=O)(=O)N1Cc2ccccc2N(Cc2cnc[nH]2)[C@H](CCC2CCCC2)C1. The van der Waals surface area contributed by atoms with Crippen molar-refractivity contribution in [2.24, 2.45) is 5.92 Å². The van der Waals surface area contributed by atoms with E-state index in [0.717, 1.165) is 35.7 Å². The van der Waals surface area contributed by atoms with Crippen LogP contribution in [0.2, 0.25) is 0 Å². The molecule has 0 amide bonds. The number of imidazole rings is 1. The molecule has 1 aromatic heterocycles. The van der Waals surface area contributed by atoms with Crippen LogP contribution in [0.15, 0.2) is 36.8 Å². The Morgan fingerprint density at radius 1 is 1.17 bits per heavy atom. The van der Waals surface area contributed by atoms with Crippen molar-refractivity contribution in [1.29, 1.82) is 0 Å². The second-order valence-electron chi connectivity index (χ2n) is 8.80. The van der Waals surface area contributed by atoms with Gasteiger partial charge in [0.15, 0.2) is 0 Å². The summed E-state index contributed by atoms with van der Waals surface area (Å²) in [6.45, 7) is 1.59. The fourth-order valence-corrected chi connectivity index (χ4v) is 5.98. The molecule has 2 heterocycles. The van der Waals surface area contributed by atoms with Crippen LogP contribution in [0, 0.1) is 5.92 Å². The first-order chi connectivity index (χ1) is 14.4. The predicted molar refractivity (Wildman–Crippen MR) is 119 cm³/mol. The average Bonchev–Trinajstić information content (AvgIpc) is 3.40. The summed E-state index contributed by atoms with van der Waals surface area (Å²) in [6.07, 6.45) is 11.0. The Labute approximate surface area is 180 Å². The molecule has 1 atom stereocenters. The van der Waals surface area contributed by atoms with Crippen LogP contribution in [-0.4, -0.2) is 53.7 Å². The maximum Gasteiger partial charge on any atom is 0.281 e. The zero-order valence-electron chi connectivity index (χ0n) is 18.0. The van der Waals surface area contributed by atoms with Gasteiger partial charge in [-0.2, -0.15) is 17.0 Å². The Balaban J connectivity index is 1.68. The number of benzene rings is 1. The minimum atomic E-state index is -3.50. The van der Waals surface area contributed by atoms with Crippen LogP contribution in [0.25, 0.3) is 0 Å². The molecule has 0 radical (unpaired) electrons. The molecule has 1 fully saturated rings. The van der Waals surface area contributed by atoms with Crippen LogP contribution in [-0.2, 0) is 23.3 Å². The number of fused-ring (bicyclic) bond motifs is 1. The Bertz CT molecular complexity index is 923. The number of aromatic amines is 1. The summed E-state index contributed by atoms with van der Waals surface area (Å²) in [5, 5.41) is 0. The molecule has 1 saturated carbocycles. The largest absolute Gasteiger partial charge is 0.361 e. The van der Waals surface area contributed by atoms with Gasteiger partial charge in [0.2, 0.25) is 0 Å². The summed E-state index contributed by atoms with van der Waals surface area (Å²) in [6, 6.07) is 8.33. The Morgan fingerprint density at radius 3 is 2.63 bits per heavy atom. The minimum absolute atomic E-state index is 0.118. The van der Waals surface area contributed by atoms with Gasteiger partial charge in [-0.05, 0) is 30.4 Å². The molecule has 30 heavy (non-hydrogen) atoms. The molecule has 1 N–H and O–H groups in total. The molecule has 8 heteroatoms. The lowest BCUT2D eigenvalue weighted by atomic mass is 9.97. The summed E-state index contributed by atoms with van der Waals surface area (Å²) >= 11 is 0. The first kappa shape index (κ1) is 21.3. The van der Waals surface area contributed by atoms with E-state index in [1.165, 1.54) is 30.0 Å². The Hall–Kier alpha value is -1.90. The standard InChI is InChI=1S/C22H33N5O2S/c1-25(2)30(28,29)26-14-19-9-5-6-10-22(19)27(15-20-13-23-17-24-20)21(16-26)12-11-18-7-3-4-8-18/h5-6,9-10,13,17-18,21H,3-4,7-8,11-12,14-16H2,1-2H3,(H,23,24)/t21-/m1/s1. The van der Waals surface area contributed by atoms with Gasteiger partial charge in [0.1, 0.15) is 0 Å². The van der Waals surface area contributed by atoms with Gasteiger partial charge in [0.05, 0.1) is 18.6 Å². The van der Waals surface area contributed by atoms with E-state index in [1.54, 1.807) is 24.7 Å². The van der Waals surface area contributed by atoms with Gasteiger partial charge in [-0.15, -0.1) is 0 Å². The lowest BCUT2D eigenvalue weighted by Crippen LogP contribution is -2.46. The van der Waals surface area contributed by atoms with Gasteiger partial charge in [0.25, 0.3) is 10.2 Å². The normalized spacial score (nSPS) is 21.2. The molecule has 0 unspecified atom stereocenters. The maximum absolute atomic E-state index is 13.1. The highest BCUT2D eigenvalue weighted by atomic mass is 32.2. The fraction of sp³-hybridized carbons (Fsp3) is 0.591. The number of anilines is 1. The van der Waals surface area contributed by atoms with E-state index >= 15 is 0 Å². The first-order valence-electron chi connectivity index (χ1n) is 10.9. The number of hydrogen-bond acceptors (Lipinski definition) is 4. The van der Waals surface area contributed by atoms with Gasteiger partial charge in [-0.3, -0.25) is 0 Å². The zero-order valence-corrected chi connectivity index (χ0v) is 18.8. The highest BCUT2D eigenvalue weighted by molar-refractivity contribution is 7.86. The third-order valence-electron chi connectivity index (χ3n) is 6.57. The molecule has 4 rings (SSSR count). The summed E-state index contributed by atoms with van der Waals surface area (Å²) in [5.41, 5.74) is 3.21. The summed E-state index contributed by atoms with van der Waals surface area (Å²) < 4.78 is 29.2. The van der Waals surface area contributed by atoms with Crippen molar-refractivity contribution in [3.8, 4) is 0 Å². The van der Waals surface area contributed by atoms with Crippen LogP contribution < -0.4 is 4.90 Å². The number of nitrogens with zero attached hydrogens (tertiary/aromatic N) is 4. The average molecular weight is 432 g/mol. The van der Waals surface area contributed by atoms with Gasteiger partial charge in [-0.1, -0.05) is 43.9 Å². The van der Waals surface area contributed by atoms with E-state index in [9.17, 15) is 8.42 Å². The first-order valence-corrected chi connectivity index (χ1v) is 12.3. The van der Waals surface area contributed by atoms with E-state index < -0.39 is 10.2 Å². The van der Waals surface area contributed by atoms with Gasteiger partial charge in [-0.25, -0.2) is 4.98 Å². The topological polar surface area (TPSA) is 72.5 Å². The molecular weight excluding hydrogens is 398 g/mol. The highest BCUT2D eigenvalue weighted by Crippen LogP contribution is 2.35. The van der Waals surface area contributed by atoms with Crippen molar-refractivity contribution in [3.05, 3.63) is 48.0 Å². The second kappa shape index (κ2) is 9.08. The van der Waals surface area contributed by atoms with Gasteiger partial charge in [0, 0.05) is 45.1 Å². The highest BCUT2D eigenvalue weighted by Gasteiger charge is 2.35. The molecule has 0 spiro atoms. The quantitative estimate of drug-likeness (QED) is 0.729. The Kier molecular flexibility index (Phi) is 6.46. The molecule has 2 aromatic rings. The van der Waals surface area contributed by atoms with Crippen LogP contribution in [0.4, 0.5) is 5.69 Å². The number of aromatic nitrogens is 2. The molecule has 2 aliphatic rings. The van der Waals surface area contributed by atoms with Crippen LogP contribution in [0.5, 0.6) is 0 Å². The molecular formula is C22H33N5O2S. The van der Waals surface area contributed by atoms with Crippen LogP contribution in [0.3, 0.4) is 0 Å². The molecule has 0 bridgehead atoms. The van der Waals surface area contributed by atoms with Crippen molar-refractivity contribution in [3.63, 3.8) is 0 Å². The predicted octanol–water partition coefficient (Wildman–Crippen LogP) is 3.38. The van der Waals surface area contributed by atoms with E-state index in [0.29, 0.717) is 19.6 Å². The number of nitrogens with one attached hydrogen (secondary N) is 1. The molecule has 1 aliphatic heterocycles. The number of hydrogen-bond donors (Lipinski definition) is 1. The molecule has 7 nitrogen and oxygen atoms in total. The monoisotopic (exact) mass is 431 g/mol. The number of rotatable bonds is 7. The third-order valence-corrected chi connectivity index (χ3v) is 8.42. The van der Waals surface area contributed by atoms with E-state index in [4.69, 9.17) is 0 Å². The van der Waals surface area contributed by atoms with Crippen molar-refractivity contribution in [2.45, 2.75) is 57.7 Å². The summed E-state index contributed by atoms with van der Waals surface area (Å²) in [5.74, 6) is 0.774. The Morgan fingerprint density at radius 2 is 1.93 bits per heavy atom. The smallest absolute Gasteiger partial charge is 0.281 e. The van der Waals surface area contributed by atoms with E-state index in [2.05, 4.69) is 20.9 Å². The van der Waals surface area contributed by atoms with E-state index in [-0.39, 0.29) is 6.04 Å². The number of H-pyrrole nitrogens is 1. The zero-order chi connectivity index (χ0) is 21.1. The van der Waals surface area contributed by atoms with Gasteiger partial charge < -0.3 is 9.88 Å². The van der Waals surface area contributed by atoms with Crippen LogP contribution in [0.1, 0.15) is 49.8 Å². The van der Waals surface area contributed by atoms with Crippen molar-refractivity contribution >= 4 is 15.9 Å². The van der Waals surface area contributed by atoms with Crippen molar-refractivity contribution in [1.82, 2.24) is 18.6 Å². The number of para-hydroxylation sites is 1. The lowest BCUT2D eigenvalue weighted by molar-refractivity contribution is 0.332. The second-order valence-corrected chi connectivity index (χ2v) is 10.9. The summed E-state index contributed by atoms with van der Waals surface area (Å²) in [7, 11) is -0.276. The minimum Gasteiger partial charge on any atom is -0.361 e. The molecule has 0 saturated heterocycles. The molecule has 164 valence electrons. The summed E-state index contributed by atoms with van der Waals surface area (Å²) in [4.78, 5) is 9.80. The van der Waals surface area contributed by atoms with E-state index in [1.807, 2.05) is 24.4 Å². The molecule has 1 aromatic carbocycles. The third kappa shape index (κ3) is 4.55. The lowest BCUT2D eigenvalue weighted by Gasteiger charge is -2.35. The van der Waals surface area contributed by atoms with Gasteiger partial charge >= 0.3 is 0 Å².